The molecule has 29 heavy (non-hydrogen) atoms. The third-order valence-corrected chi connectivity index (χ3v) is 6.15. The molecule has 3 aromatic heterocycles. The Morgan fingerprint density at radius 3 is 2.83 bits per heavy atom. The molecular weight excluding hydrogens is 368 g/mol. The lowest BCUT2D eigenvalue weighted by atomic mass is 9.95. The molecule has 0 aromatic carbocycles. The van der Waals surface area contributed by atoms with Gasteiger partial charge in [0.2, 0.25) is 0 Å². The minimum absolute atomic E-state index is 0.347. The van der Waals surface area contributed by atoms with Crippen LogP contribution in [0.3, 0.4) is 0 Å². The maximum atomic E-state index is 6.03. The van der Waals surface area contributed by atoms with E-state index in [9.17, 15) is 0 Å². The molecular formula is C22H26N4O3. The molecule has 7 heteroatoms. The van der Waals surface area contributed by atoms with Crippen LogP contribution < -0.4 is 5.73 Å². The Morgan fingerprint density at radius 2 is 2.10 bits per heavy atom. The Balaban J connectivity index is 1.69. The first kappa shape index (κ1) is 18.5. The highest BCUT2D eigenvalue weighted by Crippen LogP contribution is 2.37. The fourth-order valence-corrected chi connectivity index (χ4v) is 4.48. The Labute approximate surface area is 169 Å². The van der Waals surface area contributed by atoms with Crippen LogP contribution in [-0.2, 0) is 19.8 Å². The second-order valence-electron chi connectivity index (χ2n) is 8.03. The summed E-state index contributed by atoms with van der Waals surface area (Å²) in [5.41, 5.74) is 11.8. The predicted molar refractivity (Wildman–Crippen MR) is 110 cm³/mol. The number of pyridine rings is 1. The van der Waals surface area contributed by atoms with E-state index in [0.29, 0.717) is 24.9 Å². The lowest BCUT2D eigenvalue weighted by Gasteiger charge is -2.26. The first-order valence-corrected chi connectivity index (χ1v) is 10.1. The molecule has 0 aliphatic carbocycles. The first-order valence-electron chi connectivity index (χ1n) is 10.1. The monoisotopic (exact) mass is 394 g/mol. The van der Waals surface area contributed by atoms with Gasteiger partial charge in [0.1, 0.15) is 17.7 Å². The molecule has 152 valence electrons. The zero-order chi connectivity index (χ0) is 20.0. The van der Waals surface area contributed by atoms with Crippen molar-refractivity contribution < 1.29 is 14.2 Å². The molecule has 0 amide bonds. The second kappa shape index (κ2) is 7.09. The summed E-state index contributed by atoms with van der Waals surface area (Å²) in [6.07, 6.45) is 3.62. The van der Waals surface area contributed by atoms with E-state index in [4.69, 9.17) is 24.9 Å². The van der Waals surface area contributed by atoms with Crippen LogP contribution in [0.5, 0.6) is 0 Å². The molecule has 5 heterocycles. The number of nitrogen functional groups attached to an aromatic ring is 1. The van der Waals surface area contributed by atoms with E-state index in [1.165, 1.54) is 5.69 Å². The number of nitrogens with zero attached hydrogens (tertiary/aromatic N) is 3. The number of nitrogens with two attached hydrogens (primary N) is 1. The minimum Gasteiger partial charge on any atom is -0.384 e. The normalized spacial score (nSPS) is 24.6. The summed E-state index contributed by atoms with van der Waals surface area (Å²) >= 11 is 0. The van der Waals surface area contributed by atoms with Crippen molar-refractivity contribution in [1.82, 2.24) is 14.4 Å². The van der Waals surface area contributed by atoms with Crippen LogP contribution in [0.4, 0.5) is 5.82 Å². The molecule has 2 aliphatic rings. The molecule has 3 aromatic rings. The van der Waals surface area contributed by atoms with Crippen LogP contribution in [0.1, 0.15) is 35.7 Å². The van der Waals surface area contributed by atoms with E-state index >= 15 is 0 Å². The smallest absolute Gasteiger partial charge is 0.135 e. The van der Waals surface area contributed by atoms with Crippen molar-refractivity contribution in [2.24, 2.45) is 0 Å². The summed E-state index contributed by atoms with van der Waals surface area (Å²) < 4.78 is 19.3. The van der Waals surface area contributed by atoms with Gasteiger partial charge in [-0.05, 0) is 37.1 Å². The highest BCUT2D eigenvalue weighted by molar-refractivity contribution is 5.82. The quantitative estimate of drug-likeness (QED) is 0.732. The van der Waals surface area contributed by atoms with E-state index in [1.807, 2.05) is 6.07 Å². The van der Waals surface area contributed by atoms with Crippen molar-refractivity contribution in [3.63, 3.8) is 0 Å². The summed E-state index contributed by atoms with van der Waals surface area (Å²) in [7, 11) is 1.73. The highest BCUT2D eigenvalue weighted by Gasteiger charge is 2.38. The molecule has 0 radical (unpaired) electrons. The number of rotatable bonds is 4. The predicted octanol–water partition coefficient (Wildman–Crippen LogP) is 3.05. The van der Waals surface area contributed by atoms with Crippen molar-refractivity contribution >= 4 is 11.3 Å². The fraction of sp³-hybridized carbons (Fsp3) is 0.455. The van der Waals surface area contributed by atoms with Gasteiger partial charge in [0.05, 0.1) is 30.1 Å². The molecule has 2 atom stereocenters. The largest absolute Gasteiger partial charge is 0.384 e. The van der Waals surface area contributed by atoms with Gasteiger partial charge in [0.25, 0.3) is 0 Å². The molecule has 0 spiro atoms. The Bertz CT molecular complexity index is 1050. The average Bonchev–Trinajstić information content (AvgIpc) is 3.46. The van der Waals surface area contributed by atoms with Crippen LogP contribution in [0, 0.1) is 6.92 Å². The van der Waals surface area contributed by atoms with Crippen molar-refractivity contribution in [3.05, 3.63) is 47.5 Å². The minimum atomic E-state index is -0.487. The van der Waals surface area contributed by atoms with Crippen molar-refractivity contribution in [2.75, 3.05) is 39.3 Å². The maximum absolute atomic E-state index is 6.03. The molecule has 5 rings (SSSR count). The van der Waals surface area contributed by atoms with Gasteiger partial charge in [-0.1, -0.05) is 0 Å². The standard InChI is InChI=1S/C22H26N4O3/c1-14-7-17(25-20(8-14)22(27-2)4-6-29-12-22)16-9-18(15-3-5-28-11-15)26-13-24-21(23)10-19(16)26/h7-10,13,15H,3-6,11-12,23H2,1-2H3/t15?,22-/m0/s1. The van der Waals surface area contributed by atoms with E-state index in [1.54, 1.807) is 13.4 Å². The number of hydrogen-bond acceptors (Lipinski definition) is 6. The van der Waals surface area contributed by atoms with Gasteiger partial charge in [-0.15, -0.1) is 0 Å². The topological polar surface area (TPSA) is 83.9 Å². The zero-order valence-electron chi connectivity index (χ0n) is 16.9. The summed E-state index contributed by atoms with van der Waals surface area (Å²) in [6.45, 7) is 4.82. The molecule has 2 saturated heterocycles. The van der Waals surface area contributed by atoms with Crippen molar-refractivity contribution in [3.8, 4) is 11.3 Å². The summed E-state index contributed by atoms with van der Waals surface area (Å²) in [5.74, 6) is 0.844. The van der Waals surface area contributed by atoms with Gasteiger partial charge >= 0.3 is 0 Å². The number of aryl methyl sites for hydroxylation is 1. The van der Waals surface area contributed by atoms with Crippen molar-refractivity contribution in [1.29, 1.82) is 0 Å². The number of aromatic nitrogens is 3. The van der Waals surface area contributed by atoms with E-state index in [2.05, 4.69) is 34.5 Å². The Hall–Kier alpha value is -2.48. The first-order chi connectivity index (χ1) is 14.1. The van der Waals surface area contributed by atoms with Crippen LogP contribution in [0.25, 0.3) is 16.8 Å². The van der Waals surface area contributed by atoms with Gasteiger partial charge in [0.15, 0.2) is 0 Å². The Morgan fingerprint density at radius 1 is 1.21 bits per heavy atom. The van der Waals surface area contributed by atoms with Crippen LogP contribution >= 0.6 is 0 Å². The number of anilines is 1. The Kier molecular flexibility index (Phi) is 4.53. The molecule has 0 saturated carbocycles. The molecule has 2 aliphatic heterocycles. The van der Waals surface area contributed by atoms with Crippen molar-refractivity contribution in [2.45, 2.75) is 31.3 Å². The van der Waals surface area contributed by atoms with E-state index in [0.717, 1.165) is 54.1 Å². The molecule has 7 nitrogen and oxygen atoms in total. The van der Waals surface area contributed by atoms with Crippen LogP contribution in [-0.4, -0.2) is 47.9 Å². The second-order valence-corrected chi connectivity index (χ2v) is 8.03. The lowest BCUT2D eigenvalue weighted by Crippen LogP contribution is -2.30. The maximum Gasteiger partial charge on any atom is 0.135 e. The number of ether oxygens (including phenoxy) is 3. The summed E-state index contributed by atoms with van der Waals surface area (Å²) in [4.78, 5) is 9.35. The average molecular weight is 394 g/mol. The lowest BCUT2D eigenvalue weighted by molar-refractivity contribution is -0.0245. The fourth-order valence-electron chi connectivity index (χ4n) is 4.48. The van der Waals surface area contributed by atoms with Crippen LogP contribution in [0.15, 0.2) is 30.6 Å². The summed E-state index contributed by atoms with van der Waals surface area (Å²) in [6, 6.07) is 8.35. The van der Waals surface area contributed by atoms with E-state index in [-0.39, 0.29) is 0 Å². The van der Waals surface area contributed by atoms with Gasteiger partial charge in [0, 0.05) is 50.0 Å². The van der Waals surface area contributed by atoms with Gasteiger partial charge in [-0.25, -0.2) is 9.97 Å². The van der Waals surface area contributed by atoms with E-state index < -0.39 is 5.60 Å². The zero-order valence-corrected chi connectivity index (χ0v) is 16.9. The van der Waals surface area contributed by atoms with Crippen LogP contribution in [0.2, 0.25) is 0 Å². The van der Waals surface area contributed by atoms with Gasteiger partial charge in [-0.2, -0.15) is 0 Å². The highest BCUT2D eigenvalue weighted by atomic mass is 16.5. The third kappa shape index (κ3) is 3.10. The summed E-state index contributed by atoms with van der Waals surface area (Å²) in [5, 5.41) is 0. The molecule has 1 unspecified atom stereocenters. The van der Waals surface area contributed by atoms with Gasteiger partial charge < -0.3 is 24.3 Å². The third-order valence-electron chi connectivity index (χ3n) is 6.15. The molecule has 2 N–H and O–H groups in total. The SMILES string of the molecule is CO[C@@]1(c2cc(C)cc(-c3cc(C4CCOC4)n4cnc(N)cc34)n2)CCOC1. The molecule has 2 fully saturated rings. The number of fused-ring (bicyclic) bond motifs is 1. The molecule has 0 bridgehead atoms. The number of hydrogen-bond donors (Lipinski definition) is 1. The number of methoxy groups -OCH3 is 1. The van der Waals surface area contributed by atoms with Gasteiger partial charge in [-0.3, -0.25) is 0 Å².